The molecule has 0 heterocycles. The molecule has 0 aliphatic heterocycles. The molecule has 0 aliphatic rings. The first-order chi connectivity index (χ1) is 9.99. The second-order valence-corrected chi connectivity index (χ2v) is 4.84. The molecule has 2 rings (SSSR count). The Morgan fingerprint density at radius 3 is 2.33 bits per heavy atom. The average Bonchev–Trinajstić information content (AvgIpc) is 2.45. The summed E-state index contributed by atoms with van der Waals surface area (Å²) in [6.45, 7) is 5.16. The van der Waals surface area contributed by atoms with Crippen LogP contribution in [-0.4, -0.2) is 16.8 Å². The highest BCUT2D eigenvalue weighted by atomic mass is 16.7. The highest BCUT2D eigenvalue weighted by Gasteiger charge is 2.14. The van der Waals surface area contributed by atoms with E-state index >= 15 is 0 Å². The highest BCUT2D eigenvalue weighted by Crippen LogP contribution is 2.25. The van der Waals surface area contributed by atoms with E-state index in [9.17, 15) is 9.90 Å². The van der Waals surface area contributed by atoms with Crippen LogP contribution < -0.4 is 0 Å². The van der Waals surface area contributed by atoms with E-state index in [1.54, 1.807) is 6.07 Å². The summed E-state index contributed by atoms with van der Waals surface area (Å²) in [4.78, 5) is 15.8. The lowest BCUT2D eigenvalue weighted by atomic mass is 9.97. The molecule has 0 saturated carbocycles. The Balaban J connectivity index is 2.58. The molecule has 0 aromatic heterocycles. The zero-order valence-corrected chi connectivity index (χ0v) is 12.3. The van der Waals surface area contributed by atoms with Crippen LogP contribution in [0.3, 0.4) is 0 Å². The average molecular weight is 283 g/mol. The van der Waals surface area contributed by atoms with Crippen molar-refractivity contribution < 1.29 is 14.7 Å². The van der Waals surface area contributed by atoms with Crippen molar-refractivity contribution in [1.82, 2.24) is 0 Å². The van der Waals surface area contributed by atoms with Crippen LogP contribution >= 0.6 is 0 Å². The van der Waals surface area contributed by atoms with Crippen LogP contribution in [0.2, 0.25) is 0 Å². The molecule has 0 radical (unpaired) electrons. The Morgan fingerprint density at radius 1 is 1.10 bits per heavy atom. The van der Waals surface area contributed by atoms with Gasteiger partial charge in [0.25, 0.3) is 0 Å². The van der Waals surface area contributed by atoms with Gasteiger partial charge in [0.15, 0.2) is 0 Å². The van der Waals surface area contributed by atoms with E-state index in [1.807, 2.05) is 50.2 Å². The standard InChI is InChI=1S/C17H17NO3/c1-11-9-15(16(20)10-12(11)2)17(18-21-13(3)19)14-7-5-4-6-8-14/h4-10,20H,1-3H3/b18-17+. The zero-order valence-electron chi connectivity index (χ0n) is 12.3. The number of oxime groups is 1. The molecule has 108 valence electrons. The lowest BCUT2D eigenvalue weighted by Gasteiger charge is -2.11. The summed E-state index contributed by atoms with van der Waals surface area (Å²) < 4.78 is 0. The SMILES string of the molecule is CC(=O)O/N=C(\c1ccccc1)c1cc(C)c(C)cc1O. The number of carbonyl (C=O) groups excluding carboxylic acids is 1. The van der Waals surface area contributed by atoms with E-state index in [-0.39, 0.29) is 5.75 Å². The van der Waals surface area contributed by atoms with Crippen LogP contribution in [0.4, 0.5) is 0 Å². The van der Waals surface area contributed by atoms with Gasteiger partial charge in [0.2, 0.25) is 0 Å². The molecule has 0 bridgehead atoms. The minimum atomic E-state index is -0.508. The summed E-state index contributed by atoms with van der Waals surface area (Å²) in [5.41, 5.74) is 3.72. The lowest BCUT2D eigenvalue weighted by Crippen LogP contribution is -2.07. The van der Waals surface area contributed by atoms with Gasteiger partial charge in [-0.2, -0.15) is 0 Å². The van der Waals surface area contributed by atoms with Crippen molar-refractivity contribution in [3.63, 3.8) is 0 Å². The third kappa shape index (κ3) is 3.48. The Hall–Kier alpha value is -2.62. The maximum absolute atomic E-state index is 11.0. The van der Waals surface area contributed by atoms with Gasteiger partial charge in [0.05, 0.1) is 0 Å². The van der Waals surface area contributed by atoms with E-state index in [0.29, 0.717) is 11.3 Å². The number of nitrogens with zero attached hydrogens (tertiary/aromatic N) is 1. The minimum Gasteiger partial charge on any atom is -0.507 e. The molecule has 0 fully saturated rings. The van der Waals surface area contributed by atoms with Gasteiger partial charge in [0.1, 0.15) is 11.5 Å². The molecule has 4 nitrogen and oxygen atoms in total. The van der Waals surface area contributed by atoms with E-state index in [0.717, 1.165) is 16.7 Å². The summed E-state index contributed by atoms with van der Waals surface area (Å²) in [7, 11) is 0. The predicted octanol–water partition coefficient (Wildman–Crippen LogP) is 3.32. The van der Waals surface area contributed by atoms with Gasteiger partial charge in [-0.15, -0.1) is 0 Å². The van der Waals surface area contributed by atoms with Crippen LogP contribution in [0, 0.1) is 13.8 Å². The van der Waals surface area contributed by atoms with Crippen molar-refractivity contribution in [3.8, 4) is 5.75 Å². The number of phenolic OH excluding ortho intramolecular Hbond substituents is 1. The number of hydrogen-bond acceptors (Lipinski definition) is 4. The van der Waals surface area contributed by atoms with Crippen molar-refractivity contribution in [1.29, 1.82) is 0 Å². The molecule has 21 heavy (non-hydrogen) atoms. The molecule has 2 aromatic rings. The molecule has 0 aliphatic carbocycles. The van der Waals surface area contributed by atoms with E-state index < -0.39 is 5.97 Å². The number of benzene rings is 2. The third-order valence-electron chi connectivity index (χ3n) is 3.18. The fraction of sp³-hybridized carbons (Fsp3) is 0.176. The topological polar surface area (TPSA) is 58.9 Å². The zero-order chi connectivity index (χ0) is 15.4. The monoisotopic (exact) mass is 283 g/mol. The van der Waals surface area contributed by atoms with E-state index in [1.165, 1.54) is 6.92 Å². The lowest BCUT2D eigenvalue weighted by molar-refractivity contribution is -0.140. The fourth-order valence-corrected chi connectivity index (χ4v) is 1.95. The quantitative estimate of drug-likeness (QED) is 0.534. The summed E-state index contributed by atoms with van der Waals surface area (Å²) in [5, 5.41) is 14.1. The number of phenols is 1. The summed E-state index contributed by atoms with van der Waals surface area (Å²) in [6.07, 6.45) is 0. The summed E-state index contributed by atoms with van der Waals surface area (Å²) in [6, 6.07) is 12.8. The van der Waals surface area contributed by atoms with Crippen LogP contribution in [0.15, 0.2) is 47.6 Å². The maximum Gasteiger partial charge on any atom is 0.332 e. The molecule has 4 heteroatoms. The van der Waals surface area contributed by atoms with Gasteiger partial charge in [0, 0.05) is 18.1 Å². The first kappa shape index (κ1) is 14.8. The number of aromatic hydroxyl groups is 1. The number of carbonyl (C=O) groups is 1. The fourth-order valence-electron chi connectivity index (χ4n) is 1.95. The Bertz CT molecular complexity index is 691. The molecule has 0 spiro atoms. The highest BCUT2D eigenvalue weighted by molar-refractivity contribution is 6.14. The van der Waals surface area contributed by atoms with Crippen molar-refractivity contribution in [3.05, 3.63) is 64.7 Å². The van der Waals surface area contributed by atoms with Gasteiger partial charge in [-0.25, -0.2) is 4.79 Å². The molecule has 0 saturated heterocycles. The van der Waals surface area contributed by atoms with Crippen LogP contribution in [0.25, 0.3) is 0 Å². The van der Waals surface area contributed by atoms with Gasteiger partial charge in [-0.05, 0) is 37.1 Å². The van der Waals surface area contributed by atoms with Gasteiger partial charge < -0.3 is 9.94 Å². The molecular weight excluding hydrogens is 266 g/mol. The molecule has 2 aromatic carbocycles. The number of aryl methyl sites for hydroxylation is 2. The minimum absolute atomic E-state index is 0.104. The van der Waals surface area contributed by atoms with Crippen molar-refractivity contribution in [2.24, 2.45) is 5.16 Å². The van der Waals surface area contributed by atoms with E-state index in [4.69, 9.17) is 4.84 Å². The van der Waals surface area contributed by atoms with Gasteiger partial charge in [-0.1, -0.05) is 35.5 Å². The van der Waals surface area contributed by atoms with Crippen molar-refractivity contribution in [2.45, 2.75) is 20.8 Å². The Labute approximate surface area is 123 Å². The van der Waals surface area contributed by atoms with Crippen molar-refractivity contribution in [2.75, 3.05) is 0 Å². The van der Waals surface area contributed by atoms with Gasteiger partial charge >= 0.3 is 5.97 Å². The second kappa shape index (κ2) is 6.22. The van der Waals surface area contributed by atoms with Gasteiger partial charge in [-0.3, -0.25) is 0 Å². The third-order valence-corrected chi connectivity index (χ3v) is 3.18. The molecule has 0 atom stereocenters. The normalized spacial score (nSPS) is 11.3. The molecular formula is C17H17NO3. The molecule has 0 unspecified atom stereocenters. The van der Waals surface area contributed by atoms with E-state index in [2.05, 4.69) is 5.16 Å². The summed E-state index contributed by atoms with van der Waals surface area (Å²) >= 11 is 0. The smallest absolute Gasteiger partial charge is 0.332 e. The first-order valence-corrected chi connectivity index (χ1v) is 6.60. The largest absolute Gasteiger partial charge is 0.507 e. The van der Waals surface area contributed by atoms with Crippen molar-refractivity contribution >= 4 is 11.7 Å². The number of hydrogen-bond donors (Lipinski definition) is 1. The Kier molecular flexibility index (Phi) is 4.38. The Morgan fingerprint density at radius 2 is 1.71 bits per heavy atom. The maximum atomic E-state index is 11.0. The second-order valence-electron chi connectivity index (χ2n) is 4.84. The summed E-state index contributed by atoms with van der Waals surface area (Å²) in [5.74, 6) is -0.403. The molecule has 1 N–H and O–H groups in total. The first-order valence-electron chi connectivity index (χ1n) is 6.60. The molecule has 0 amide bonds. The number of rotatable bonds is 3. The van der Waals surface area contributed by atoms with Crippen LogP contribution in [0.5, 0.6) is 5.75 Å². The van der Waals surface area contributed by atoms with Crippen LogP contribution in [-0.2, 0) is 9.63 Å². The van der Waals surface area contributed by atoms with Crippen LogP contribution in [0.1, 0.15) is 29.2 Å². The predicted molar refractivity (Wildman–Crippen MR) is 81.4 cm³/mol.